The van der Waals surface area contributed by atoms with Crippen molar-refractivity contribution in [3.63, 3.8) is 0 Å². The molecule has 24 heavy (non-hydrogen) atoms. The molecule has 1 aromatic carbocycles. The fraction of sp³-hybridized carbons (Fsp3) is 0.412. The topological polar surface area (TPSA) is 88.1 Å². The lowest BCUT2D eigenvalue weighted by Crippen LogP contribution is -2.48. The van der Waals surface area contributed by atoms with Crippen LogP contribution in [0.5, 0.6) is 5.75 Å². The van der Waals surface area contributed by atoms with Crippen molar-refractivity contribution >= 4 is 12.0 Å². The molecule has 0 aliphatic carbocycles. The molecule has 0 unspecified atom stereocenters. The van der Waals surface area contributed by atoms with Gasteiger partial charge in [-0.2, -0.15) is 0 Å². The molecule has 0 radical (unpaired) electrons. The number of esters is 1. The summed E-state index contributed by atoms with van der Waals surface area (Å²) in [5, 5.41) is 11.9. The summed E-state index contributed by atoms with van der Waals surface area (Å²) in [6.07, 6.45) is 0. The molecule has 2 rings (SSSR count). The summed E-state index contributed by atoms with van der Waals surface area (Å²) in [5.74, 6) is 0.194. The monoisotopic (exact) mass is 334 g/mol. The fourth-order valence-corrected chi connectivity index (χ4v) is 2.67. The van der Waals surface area contributed by atoms with Crippen molar-refractivity contribution in [1.82, 2.24) is 10.2 Å². The van der Waals surface area contributed by atoms with E-state index < -0.39 is 12.0 Å². The maximum absolute atomic E-state index is 12.4. The summed E-state index contributed by atoms with van der Waals surface area (Å²) in [5.41, 5.74) is 1.58. The number of β-amino-alcohol motifs (C(OH)–C–C–N with tert-alkyl or cyclic N) is 1. The number of aliphatic hydroxyl groups is 1. The van der Waals surface area contributed by atoms with Gasteiger partial charge in [0, 0.05) is 5.70 Å². The van der Waals surface area contributed by atoms with E-state index in [4.69, 9.17) is 14.6 Å². The molecule has 1 atom stereocenters. The van der Waals surface area contributed by atoms with Crippen LogP contribution in [-0.2, 0) is 9.53 Å². The van der Waals surface area contributed by atoms with Crippen LogP contribution in [0.15, 0.2) is 35.5 Å². The number of carbonyl (C=O) groups is 2. The van der Waals surface area contributed by atoms with Crippen molar-refractivity contribution in [2.45, 2.75) is 19.9 Å². The predicted octanol–water partition coefficient (Wildman–Crippen LogP) is 1.59. The van der Waals surface area contributed by atoms with Crippen molar-refractivity contribution in [2.24, 2.45) is 0 Å². The van der Waals surface area contributed by atoms with Gasteiger partial charge in [-0.1, -0.05) is 12.1 Å². The lowest BCUT2D eigenvalue weighted by atomic mass is 9.95. The molecule has 1 aromatic rings. The van der Waals surface area contributed by atoms with E-state index in [1.54, 1.807) is 45.2 Å². The zero-order valence-corrected chi connectivity index (χ0v) is 14.0. The first-order chi connectivity index (χ1) is 11.5. The normalized spacial score (nSPS) is 17.6. The Morgan fingerprint density at radius 1 is 1.33 bits per heavy atom. The first kappa shape index (κ1) is 17.8. The Labute approximate surface area is 140 Å². The van der Waals surface area contributed by atoms with E-state index in [0.717, 1.165) is 5.56 Å². The Balaban J connectivity index is 2.46. The maximum atomic E-state index is 12.4. The van der Waals surface area contributed by atoms with Gasteiger partial charge in [-0.05, 0) is 31.5 Å². The highest BCUT2D eigenvalue weighted by Gasteiger charge is 2.36. The van der Waals surface area contributed by atoms with Gasteiger partial charge in [0.1, 0.15) is 5.75 Å². The summed E-state index contributed by atoms with van der Waals surface area (Å²) in [6.45, 7) is 3.54. The number of amides is 2. The number of rotatable bonds is 6. The average Bonchev–Trinajstić information content (AvgIpc) is 2.58. The van der Waals surface area contributed by atoms with E-state index in [0.29, 0.717) is 17.0 Å². The Bertz CT molecular complexity index is 639. The highest BCUT2D eigenvalue weighted by molar-refractivity contribution is 5.95. The number of hydrogen-bond acceptors (Lipinski definition) is 5. The van der Waals surface area contributed by atoms with Crippen LogP contribution in [0, 0.1) is 0 Å². The second-order valence-electron chi connectivity index (χ2n) is 5.25. The second kappa shape index (κ2) is 7.83. The number of urea groups is 1. The molecule has 2 N–H and O–H groups in total. The van der Waals surface area contributed by atoms with Gasteiger partial charge in [-0.3, -0.25) is 4.90 Å². The van der Waals surface area contributed by atoms with Gasteiger partial charge in [-0.25, -0.2) is 9.59 Å². The van der Waals surface area contributed by atoms with Gasteiger partial charge >= 0.3 is 12.0 Å². The summed E-state index contributed by atoms with van der Waals surface area (Å²) >= 11 is 0. The minimum atomic E-state index is -0.614. The first-order valence-corrected chi connectivity index (χ1v) is 7.74. The Kier molecular flexibility index (Phi) is 5.81. The zero-order chi connectivity index (χ0) is 17.7. The molecule has 1 heterocycles. The molecule has 0 aromatic heterocycles. The lowest BCUT2D eigenvalue weighted by Gasteiger charge is -2.35. The number of ether oxygens (including phenoxy) is 2. The number of methoxy groups -OCH3 is 1. The number of hydrogen-bond donors (Lipinski definition) is 2. The van der Waals surface area contributed by atoms with Gasteiger partial charge in [0.25, 0.3) is 0 Å². The Morgan fingerprint density at radius 3 is 2.54 bits per heavy atom. The second-order valence-corrected chi connectivity index (χ2v) is 5.25. The fourth-order valence-electron chi connectivity index (χ4n) is 2.67. The van der Waals surface area contributed by atoms with Crippen molar-refractivity contribution < 1.29 is 24.2 Å². The van der Waals surface area contributed by atoms with E-state index >= 15 is 0 Å². The molecule has 7 heteroatoms. The van der Waals surface area contributed by atoms with E-state index in [-0.39, 0.29) is 25.8 Å². The van der Waals surface area contributed by atoms with Gasteiger partial charge in [0.05, 0.1) is 38.5 Å². The van der Waals surface area contributed by atoms with Gasteiger partial charge in [0.15, 0.2) is 0 Å². The van der Waals surface area contributed by atoms with Gasteiger partial charge < -0.3 is 19.9 Å². The molecule has 0 saturated carbocycles. The Hall–Kier alpha value is -2.54. The highest BCUT2D eigenvalue weighted by Crippen LogP contribution is 2.31. The number of nitrogens with one attached hydrogen (secondary N) is 1. The highest BCUT2D eigenvalue weighted by atomic mass is 16.5. The third kappa shape index (κ3) is 3.51. The maximum Gasteiger partial charge on any atom is 0.338 e. The van der Waals surface area contributed by atoms with Crippen molar-refractivity contribution in [3.05, 3.63) is 41.1 Å². The number of aliphatic hydroxyl groups excluding tert-OH is 1. The summed E-state index contributed by atoms with van der Waals surface area (Å²) < 4.78 is 10.3. The standard InChI is InChI=1S/C17H22N2O5/c1-4-24-16(21)14-11(2)19(9-10-20)17(22)18-15(14)12-5-7-13(23-3)8-6-12/h5-8,15,20H,4,9-10H2,1-3H3,(H,18,22)/t15-/m0/s1. The van der Waals surface area contributed by atoms with Crippen LogP contribution >= 0.6 is 0 Å². The summed E-state index contributed by atoms with van der Waals surface area (Å²) in [4.78, 5) is 26.1. The number of carbonyl (C=O) groups excluding carboxylic acids is 2. The SMILES string of the molecule is CCOC(=O)C1=C(C)N(CCO)C(=O)N[C@H]1c1ccc(OC)cc1. The molecular formula is C17H22N2O5. The molecule has 130 valence electrons. The molecule has 0 saturated heterocycles. The van der Waals surface area contributed by atoms with Crippen LogP contribution in [0.4, 0.5) is 4.79 Å². The molecule has 0 fully saturated rings. The van der Waals surface area contributed by atoms with Crippen LogP contribution in [0.3, 0.4) is 0 Å². The summed E-state index contributed by atoms with van der Waals surface area (Å²) in [6, 6.07) is 6.13. The first-order valence-electron chi connectivity index (χ1n) is 7.74. The molecule has 7 nitrogen and oxygen atoms in total. The van der Waals surface area contributed by atoms with Gasteiger partial charge in [0.2, 0.25) is 0 Å². The lowest BCUT2D eigenvalue weighted by molar-refractivity contribution is -0.139. The van der Waals surface area contributed by atoms with Crippen LogP contribution in [-0.4, -0.2) is 48.9 Å². The number of nitrogens with zero attached hydrogens (tertiary/aromatic N) is 1. The molecule has 1 aliphatic rings. The van der Waals surface area contributed by atoms with E-state index in [1.807, 2.05) is 0 Å². The number of allylic oxidation sites excluding steroid dienone is 1. The van der Waals surface area contributed by atoms with E-state index in [1.165, 1.54) is 4.90 Å². The molecule has 0 bridgehead atoms. The molecular weight excluding hydrogens is 312 g/mol. The van der Waals surface area contributed by atoms with Crippen molar-refractivity contribution in [3.8, 4) is 5.75 Å². The Morgan fingerprint density at radius 2 is 2.00 bits per heavy atom. The van der Waals surface area contributed by atoms with Crippen molar-refractivity contribution in [2.75, 3.05) is 26.9 Å². The van der Waals surface area contributed by atoms with Crippen LogP contribution < -0.4 is 10.1 Å². The van der Waals surface area contributed by atoms with E-state index in [2.05, 4.69) is 5.32 Å². The molecule has 2 amide bonds. The third-order valence-electron chi connectivity index (χ3n) is 3.86. The quantitative estimate of drug-likeness (QED) is 0.771. The van der Waals surface area contributed by atoms with Gasteiger partial charge in [-0.15, -0.1) is 0 Å². The van der Waals surface area contributed by atoms with Crippen molar-refractivity contribution in [1.29, 1.82) is 0 Å². The zero-order valence-electron chi connectivity index (χ0n) is 14.0. The summed E-state index contributed by atoms with van der Waals surface area (Å²) in [7, 11) is 1.57. The van der Waals surface area contributed by atoms with Crippen LogP contribution in [0.2, 0.25) is 0 Å². The largest absolute Gasteiger partial charge is 0.497 e. The van der Waals surface area contributed by atoms with E-state index in [9.17, 15) is 9.59 Å². The van der Waals surface area contributed by atoms with Crippen LogP contribution in [0.25, 0.3) is 0 Å². The predicted molar refractivity (Wildman–Crippen MR) is 87.4 cm³/mol. The smallest absolute Gasteiger partial charge is 0.338 e. The minimum absolute atomic E-state index is 0.107. The number of benzene rings is 1. The minimum Gasteiger partial charge on any atom is -0.497 e. The van der Waals surface area contributed by atoms with Crippen LogP contribution in [0.1, 0.15) is 25.5 Å². The third-order valence-corrected chi connectivity index (χ3v) is 3.86. The molecule has 0 spiro atoms. The average molecular weight is 334 g/mol. The molecule has 1 aliphatic heterocycles.